The molecule has 2 bridgehead atoms. The van der Waals surface area contributed by atoms with Crippen LogP contribution in [0.1, 0.15) is 115 Å². The Labute approximate surface area is 222 Å². The summed E-state index contributed by atoms with van der Waals surface area (Å²) in [5.74, 6) is 2.41. The molecule has 4 unspecified atom stereocenters. The van der Waals surface area contributed by atoms with Gasteiger partial charge in [-0.2, -0.15) is 4.57 Å². The molecule has 0 spiro atoms. The molecule has 4 aromatic rings. The molecule has 2 aromatic carbocycles. The number of nitrogens with zero attached hydrogens (tertiary/aromatic N) is 1. The number of unbranched alkanes of at least 4 members (excludes halogenated alkanes) is 1. The fourth-order valence-electron chi connectivity index (χ4n) is 9.20. The molecule has 2 aromatic heterocycles. The van der Waals surface area contributed by atoms with Crippen LogP contribution in [-0.2, 0) is 11.0 Å². The number of rotatable bonds is 6. The van der Waals surface area contributed by atoms with E-state index in [0.29, 0.717) is 0 Å². The van der Waals surface area contributed by atoms with Gasteiger partial charge in [0.25, 0.3) is 0 Å². The van der Waals surface area contributed by atoms with Crippen LogP contribution in [0, 0.1) is 5.92 Å². The van der Waals surface area contributed by atoms with Crippen molar-refractivity contribution in [3.05, 3.63) is 65.4 Å². The van der Waals surface area contributed by atoms with Gasteiger partial charge in [-0.1, -0.05) is 58.7 Å². The number of benzene rings is 2. The van der Waals surface area contributed by atoms with E-state index in [0.717, 1.165) is 48.2 Å². The number of hydrogen-bond acceptors (Lipinski definition) is 1. The number of hydrogen-bond donors (Lipinski definition) is 0. The Morgan fingerprint density at radius 2 is 1.70 bits per heavy atom. The Hall–Kier alpha value is -2.61. The zero-order valence-corrected chi connectivity index (χ0v) is 23.4. The van der Waals surface area contributed by atoms with Crippen LogP contribution < -0.4 is 4.57 Å². The normalized spacial score (nSPS) is 27.0. The van der Waals surface area contributed by atoms with E-state index < -0.39 is 0 Å². The van der Waals surface area contributed by atoms with Gasteiger partial charge in [0.15, 0.2) is 11.7 Å². The van der Waals surface area contributed by atoms with Crippen LogP contribution in [-0.4, -0.2) is 0 Å². The van der Waals surface area contributed by atoms with Crippen LogP contribution in [0.4, 0.5) is 0 Å². The van der Waals surface area contributed by atoms with Gasteiger partial charge in [-0.25, -0.2) is 0 Å². The highest BCUT2D eigenvalue weighted by Gasteiger charge is 2.59. The molecule has 2 nitrogen and oxygen atoms in total. The summed E-state index contributed by atoms with van der Waals surface area (Å²) in [6, 6.07) is 16.1. The zero-order valence-electron chi connectivity index (χ0n) is 23.4. The highest BCUT2D eigenvalue weighted by molar-refractivity contribution is 6.06. The minimum Gasteiger partial charge on any atom is -0.456 e. The molecule has 3 heterocycles. The summed E-state index contributed by atoms with van der Waals surface area (Å²) in [7, 11) is 0. The largest absolute Gasteiger partial charge is 0.456 e. The molecule has 3 aliphatic rings. The summed E-state index contributed by atoms with van der Waals surface area (Å²) < 4.78 is 9.21. The third kappa shape index (κ3) is 2.91. The first-order valence-corrected chi connectivity index (χ1v) is 15.1. The SMILES string of the molecule is CCCCC1CC2CC1c1cc3[n+](cc12)C(CC)(CC)C(C)(CC)c1cc2oc4ccccc4c2cc1-3. The minimum atomic E-state index is 0.0339. The molecular weight excluding hydrogens is 450 g/mol. The summed E-state index contributed by atoms with van der Waals surface area (Å²) in [5, 5.41) is 2.48. The van der Waals surface area contributed by atoms with Crippen molar-refractivity contribution in [2.45, 2.75) is 109 Å². The van der Waals surface area contributed by atoms with Crippen LogP contribution in [0.15, 0.2) is 53.1 Å². The second kappa shape index (κ2) is 8.19. The second-order valence-electron chi connectivity index (χ2n) is 12.5. The number of fused-ring (bicyclic) bond motifs is 11. The topological polar surface area (TPSA) is 17.0 Å². The van der Waals surface area contributed by atoms with E-state index in [4.69, 9.17) is 4.42 Å². The lowest BCUT2D eigenvalue weighted by Crippen LogP contribution is -2.69. The van der Waals surface area contributed by atoms with Gasteiger partial charge < -0.3 is 4.42 Å². The van der Waals surface area contributed by atoms with E-state index in [1.54, 1.807) is 11.1 Å². The molecule has 192 valence electrons. The zero-order chi connectivity index (χ0) is 25.5. The molecule has 0 N–H and O–H groups in total. The Bertz CT molecular complexity index is 1520. The molecular formula is C35H42NO+. The van der Waals surface area contributed by atoms with E-state index in [1.165, 1.54) is 59.7 Å². The smallest absolute Gasteiger partial charge is 0.213 e. The predicted octanol–water partition coefficient (Wildman–Crippen LogP) is 9.52. The molecule has 7 rings (SSSR count). The molecule has 4 atom stereocenters. The van der Waals surface area contributed by atoms with Gasteiger partial charge in [-0.15, -0.1) is 0 Å². The van der Waals surface area contributed by atoms with Crippen molar-refractivity contribution in [1.29, 1.82) is 0 Å². The quantitative estimate of drug-likeness (QED) is 0.245. The summed E-state index contributed by atoms with van der Waals surface area (Å²) in [6.07, 6.45) is 12.9. The van der Waals surface area contributed by atoms with Crippen molar-refractivity contribution in [3.8, 4) is 11.3 Å². The van der Waals surface area contributed by atoms with Gasteiger partial charge in [-0.3, -0.25) is 0 Å². The first-order valence-electron chi connectivity index (χ1n) is 15.1. The van der Waals surface area contributed by atoms with Crippen LogP contribution in [0.25, 0.3) is 33.2 Å². The number of aromatic nitrogens is 1. The van der Waals surface area contributed by atoms with Gasteiger partial charge in [-0.05, 0) is 79.7 Å². The molecule has 2 aliphatic carbocycles. The second-order valence-corrected chi connectivity index (χ2v) is 12.5. The number of pyridine rings is 1. The predicted molar refractivity (Wildman–Crippen MR) is 153 cm³/mol. The van der Waals surface area contributed by atoms with Crippen LogP contribution in [0.5, 0.6) is 0 Å². The lowest BCUT2D eigenvalue weighted by Gasteiger charge is -2.48. The molecule has 37 heavy (non-hydrogen) atoms. The van der Waals surface area contributed by atoms with Gasteiger partial charge in [0.2, 0.25) is 5.69 Å². The standard InChI is InChI=1S/C35H42NO/c1-6-10-13-22-16-23-17-25(22)26-19-31-28-18-27-24-14-11-12-15-32(24)37-33(27)20-30(28)34(5,7-2)35(8-3,9-4)36(31)21-29(23)26/h11-12,14-15,18-23,25H,6-10,13,16-17H2,1-5H3/q+1. The van der Waals surface area contributed by atoms with Crippen LogP contribution >= 0.6 is 0 Å². The Balaban J connectivity index is 1.52. The van der Waals surface area contributed by atoms with E-state index in [1.807, 2.05) is 0 Å². The lowest BCUT2D eigenvalue weighted by molar-refractivity contribution is -0.770. The van der Waals surface area contributed by atoms with E-state index >= 15 is 0 Å². The first kappa shape index (κ1) is 23.5. The van der Waals surface area contributed by atoms with Crippen molar-refractivity contribution in [2.75, 3.05) is 0 Å². The fraction of sp³-hybridized carbons (Fsp3) is 0.514. The maximum atomic E-state index is 6.44. The summed E-state index contributed by atoms with van der Waals surface area (Å²) >= 11 is 0. The Kier molecular flexibility index (Phi) is 5.20. The molecule has 2 heteroatoms. The highest BCUT2D eigenvalue weighted by Crippen LogP contribution is 2.59. The summed E-state index contributed by atoms with van der Waals surface area (Å²) in [4.78, 5) is 0. The summed E-state index contributed by atoms with van der Waals surface area (Å²) in [5.41, 5.74) is 9.82. The highest BCUT2D eigenvalue weighted by atomic mass is 16.3. The maximum absolute atomic E-state index is 6.44. The van der Waals surface area contributed by atoms with Gasteiger partial charge in [0, 0.05) is 35.2 Å². The van der Waals surface area contributed by atoms with Crippen LogP contribution in [0.3, 0.4) is 0 Å². The third-order valence-corrected chi connectivity index (χ3v) is 11.4. The van der Waals surface area contributed by atoms with Gasteiger partial charge in [0.05, 0.1) is 11.0 Å². The summed E-state index contributed by atoms with van der Waals surface area (Å²) in [6.45, 7) is 12.1. The molecule has 1 saturated carbocycles. The van der Waals surface area contributed by atoms with Crippen molar-refractivity contribution < 1.29 is 8.98 Å². The number of para-hydroxylation sites is 1. The van der Waals surface area contributed by atoms with Crippen molar-refractivity contribution in [2.24, 2.45) is 5.92 Å². The lowest BCUT2D eigenvalue weighted by atomic mass is 9.58. The fourth-order valence-corrected chi connectivity index (χ4v) is 9.20. The van der Waals surface area contributed by atoms with E-state index in [2.05, 4.69) is 87.8 Å². The van der Waals surface area contributed by atoms with Gasteiger partial charge >= 0.3 is 0 Å². The van der Waals surface area contributed by atoms with E-state index in [-0.39, 0.29) is 11.0 Å². The molecule has 0 saturated heterocycles. The van der Waals surface area contributed by atoms with Crippen LogP contribution in [0.2, 0.25) is 0 Å². The van der Waals surface area contributed by atoms with Crippen molar-refractivity contribution in [1.82, 2.24) is 0 Å². The maximum Gasteiger partial charge on any atom is 0.213 e. The minimum absolute atomic E-state index is 0.0339. The first-order chi connectivity index (χ1) is 18.0. The van der Waals surface area contributed by atoms with E-state index in [9.17, 15) is 0 Å². The Morgan fingerprint density at radius 3 is 2.46 bits per heavy atom. The molecule has 1 aliphatic heterocycles. The monoisotopic (exact) mass is 492 g/mol. The Morgan fingerprint density at radius 1 is 0.892 bits per heavy atom. The van der Waals surface area contributed by atoms with Gasteiger partial charge in [0.1, 0.15) is 11.2 Å². The molecule has 0 amide bonds. The van der Waals surface area contributed by atoms with Crippen molar-refractivity contribution >= 4 is 21.9 Å². The molecule has 0 radical (unpaired) electrons. The molecule has 1 fully saturated rings. The average Bonchev–Trinajstić information content (AvgIpc) is 3.62. The van der Waals surface area contributed by atoms with Crippen molar-refractivity contribution in [3.63, 3.8) is 0 Å². The third-order valence-electron chi connectivity index (χ3n) is 11.4. The number of furan rings is 1. The average molecular weight is 493 g/mol.